The molecule has 3 rings (SSSR count). The fourth-order valence-corrected chi connectivity index (χ4v) is 5.45. The number of hydrogen-bond donors (Lipinski definition) is 0. The lowest BCUT2D eigenvalue weighted by atomic mass is 9.47. The predicted octanol–water partition coefficient (Wildman–Crippen LogP) is 6.02. The van der Waals surface area contributed by atoms with Gasteiger partial charge in [0.2, 0.25) is 0 Å². The van der Waals surface area contributed by atoms with Crippen LogP contribution in [-0.4, -0.2) is 0 Å². The van der Waals surface area contributed by atoms with Crippen LogP contribution in [0.15, 0.2) is 36.5 Å². The van der Waals surface area contributed by atoms with E-state index in [0.29, 0.717) is 16.7 Å². The van der Waals surface area contributed by atoms with Crippen LogP contribution in [0.5, 0.6) is 0 Å². The zero-order valence-electron chi connectivity index (χ0n) is 14.5. The van der Waals surface area contributed by atoms with Gasteiger partial charge in [0.1, 0.15) is 0 Å². The van der Waals surface area contributed by atoms with Crippen molar-refractivity contribution in [1.82, 2.24) is 0 Å². The molecule has 0 N–H and O–H groups in total. The molecule has 0 aromatic heterocycles. The Morgan fingerprint density at radius 1 is 1.14 bits per heavy atom. The minimum atomic E-state index is 0.320. The molecule has 0 aliphatic heterocycles. The molecule has 116 valence electrons. The van der Waals surface area contributed by atoms with E-state index in [-0.39, 0.29) is 0 Å². The molecule has 0 nitrogen and oxygen atoms in total. The third-order valence-corrected chi connectivity index (χ3v) is 7.57. The average Bonchev–Trinajstić information content (AvgIpc) is 2.43. The highest BCUT2D eigenvalue weighted by Gasteiger charge is 2.52. The lowest BCUT2D eigenvalue weighted by Gasteiger charge is -2.57. The third kappa shape index (κ3) is 2.09. The van der Waals surface area contributed by atoms with Crippen molar-refractivity contribution < 1.29 is 0 Å². The summed E-state index contributed by atoms with van der Waals surface area (Å²) < 4.78 is 0. The largest absolute Gasteiger partial charge is 0.0996 e. The van der Waals surface area contributed by atoms with Crippen molar-refractivity contribution in [3.63, 3.8) is 0 Å². The maximum atomic E-state index is 4.31. The van der Waals surface area contributed by atoms with Gasteiger partial charge in [0.25, 0.3) is 0 Å². The molecular formula is C21H32. The molecule has 0 spiro atoms. The summed E-state index contributed by atoms with van der Waals surface area (Å²) in [5.41, 5.74) is 2.08. The number of rotatable bonds is 1. The lowest BCUT2D eigenvalue weighted by Crippen LogP contribution is -2.50. The van der Waals surface area contributed by atoms with Crippen LogP contribution >= 0.6 is 0 Å². The molecule has 0 aromatic rings. The van der Waals surface area contributed by atoms with Crippen molar-refractivity contribution in [3.05, 3.63) is 36.5 Å². The van der Waals surface area contributed by atoms with E-state index in [9.17, 15) is 0 Å². The molecule has 0 aromatic carbocycles. The molecule has 0 amide bonds. The van der Waals surface area contributed by atoms with Gasteiger partial charge in [-0.15, -0.1) is 0 Å². The van der Waals surface area contributed by atoms with Gasteiger partial charge < -0.3 is 0 Å². The van der Waals surface area contributed by atoms with E-state index in [1.54, 1.807) is 0 Å². The number of hydrogen-bond acceptors (Lipinski definition) is 0. The van der Waals surface area contributed by atoms with Crippen molar-refractivity contribution >= 4 is 0 Å². The first-order valence-electron chi connectivity index (χ1n) is 8.82. The van der Waals surface area contributed by atoms with Crippen molar-refractivity contribution in [3.8, 4) is 0 Å². The summed E-state index contributed by atoms with van der Waals surface area (Å²) >= 11 is 0. The molecule has 0 radical (unpaired) electrons. The minimum absolute atomic E-state index is 0.320. The Balaban J connectivity index is 1.96. The molecule has 0 bridgehead atoms. The summed E-state index contributed by atoms with van der Waals surface area (Å²) in [7, 11) is 0. The monoisotopic (exact) mass is 284 g/mol. The van der Waals surface area contributed by atoms with Gasteiger partial charge in [-0.1, -0.05) is 64.2 Å². The minimum Gasteiger partial charge on any atom is -0.0996 e. The molecule has 3 aliphatic rings. The Kier molecular flexibility index (Phi) is 3.50. The Bertz CT molecular complexity index is 496. The molecule has 0 heteroatoms. The van der Waals surface area contributed by atoms with E-state index in [1.807, 2.05) is 0 Å². The van der Waals surface area contributed by atoms with Gasteiger partial charge in [0.05, 0.1) is 0 Å². The van der Waals surface area contributed by atoms with Crippen LogP contribution < -0.4 is 0 Å². The summed E-state index contributed by atoms with van der Waals surface area (Å²) in [6, 6.07) is 0. The van der Waals surface area contributed by atoms with Gasteiger partial charge in [0.15, 0.2) is 0 Å². The smallest absolute Gasteiger partial charge is 0.00495 e. The standard InChI is InChI=1S/C21H32/c1-14(2)20(5)12-10-19-18(16(20)4)8-7-17-13-15(3)9-11-21(17,19)6/h7-9,11,15-19H,1,10,12-13H2,2-6H3. The summed E-state index contributed by atoms with van der Waals surface area (Å²) in [4.78, 5) is 0. The van der Waals surface area contributed by atoms with Crippen molar-refractivity contribution in [1.29, 1.82) is 0 Å². The van der Waals surface area contributed by atoms with Gasteiger partial charge in [-0.05, 0) is 66.6 Å². The summed E-state index contributed by atoms with van der Waals surface area (Å²) in [5, 5.41) is 0. The second kappa shape index (κ2) is 4.86. The maximum absolute atomic E-state index is 4.31. The Hall–Kier alpha value is -0.780. The zero-order chi connectivity index (χ0) is 15.4. The van der Waals surface area contributed by atoms with E-state index >= 15 is 0 Å². The Labute approximate surface area is 131 Å². The van der Waals surface area contributed by atoms with E-state index in [4.69, 9.17) is 0 Å². The Morgan fingerprint density at radius 3 is 2.52 bits per heavy atom. The maximum Gasteiger partial charge on any atom is -0.00495 e. The molecule has 3 aliphatic carbocycles. The molecule has 1 fully saturated rings. The number of fused-ring (bicyclic) bond motifs is 3. The topological polar surface area (TPSA) is 0 Å². The highest BCUT2D eigenvalue weighted by molar-refractivity contribution is 5.24. The van der Waals surface area contributed by atoms with Crippen LogP contribution in [-0.2, 0) is 0 Å². The van der Waals surface area contributed by atoms with Crippen LogP contribution in [0, 0.1) is 40.4 Å². The Morgan fingerprint density at radius 2 is 1.86 bits per heavy atom. The second-order valence-corrected chi connectivity index (χ2v) is 8.64. The first-order chi connectivity index (χ1) is 9.79. The quantitative estimate of drug-likeness (QED) is 0.516. The SMILES string of the molecule is C=C(C)C1(C)CCC2C(C=CC3CC(C)C=CC32C)C1C. The fourth-order valence-electron chi connectivity index (χ4n) is 5.45. The molecule has 21 heavy (non-hydrogen) atoms. The van der Waals surface area contributed by atoms with Gasteiger partial charge >= 0.3 is 0 Å². The fraction of sp³-hybridized carbons (Fsp3) is 0.714. The van der Waals surface area contributed by atoms with Gasteiger partial charge in [-0.25, -0.2) is 0 Å². The van der Waals surface area contributed by atoms with Crippen LogP contribution in [0.3, 0.4) is 0 Å². The average molecular weight is 284 g/mol. The van der Waals surface area contributed by atoms with E-state index in [2.05, 4.69) is 65.5 Å². The van der Waals surface area contributed by atoms with Gasteiger partial charge in [0, 0.05) is 0 Å². The van der Waals surface area contributed by atoms with Gasteiger partial charge in [-0.2, -0.15) is 0 Å². The molecular weight excluding hydrogens is 252 g/mol. The van der Waals surface area contributed by atoms with E-state index < -0.39 is 0 Å². The summed E-state index contributed by atoms with van der Waals surface area (Å²) in [5.74, 6) is 3.74. The van der Waals surface area contributed by atoms with Crippen LogP contribution in [0.2, 0.25) is 0 Å². The van der Waals surface area contributed by atoms with Crippen molar-refractivity contribution in [2.45, 2.75) is 53.9 Å². The predicted molar refractivity (Wildman–Crippen MR) is 92.0 cm³/mol. The normalized spacial score (nSPS) is 52.1. The molecule has 7 unspecified atom stereocenters. The van der Waals surface area contributed by atoms with Crippen LogP contribution in [0.1, 0.15) is 53.9 Å². The summed E-state index contributed by atoms with van der Waals surface area (Å²) in [6.07, 6.45) is 14.2. The molecule has 0 saturated heterocycles. The molecule has 1 saturated carbocycles. The third-order valence-electron chi connectivity index (χ3n) is 7.57. The summed E-state index contributed by atoms with van der Waals surface area (Å²) in [6.45, 7) is 16.3. The first kappa shape index (κ1) is 15.1. The highest BCUT2D eigenvalue weighted by atomic mass is 14.6. The second-order valence-electron chi connectivity index (χ2n) is 8.64. The highest BCUT2D eigenvalue weighted by Crippen LogP contribution is 2.60. The van der Waals surface area contributed by atoms with Crippen molar-refractivity contribution in [2.24, 2.45) is 40.4 Å². The van der Waals surface area contributed by atoms with E-state index in [0.717, 1.165) is 23.7 Å². The van der Waals surface area contributed by atoms with Crippen LogP contribution in [0.25, 0.3) is 0 Å². The molecule has 7 atom stereocenters. The van der Waals surface area contributed by atoms with Crippen molar-refractivity contribution in [2.75, 3.05) is 0 Å². The van der Waals surface area contributed by atoms with Gasteiger partial charge in [-0.3, -0.25) is 0 Å². The molecule has 0 heterocycles. The van der Waals surface area contributed by atoms with Crippen LogP contribution in [0.4, 0.5) is 0 Å². The number of allylic oxidation sites excluding steroid dienone is 5. The van der Waals surface area contributed by atoms with E-state index in [1.165, 1.54) is 24.8 Å². The first-order valence-corrected chi connectivity index (χ1v) is 8.82. The lowest BCUT2D eigenvalue weighted by molar-refractivity contribution is -0.00465. The zero-order valence-corrected chi connectivity index (χ0v) is 14.5.